The molecule has 0 aliphatic heterocycles. The Morgan fingerprint density at radius 2 is 1.50 bits per heavy atom. The van der Waals surface area contributed by atoms with Crippen molar-refractivity contribution in [1.82, 2.24) is 0 Å². The van der Waals surface area contributed by atoms with Crippen molar-refractivity contribution in [3.8, 4) is 0 Å². The third-order valence-corrected chi connectivity index (χ3v) is 4.88. The molecule has 4 rings (SSSR count). The van der Waals surface area contributed by atoms with E-state index < -0.39 is 0 Å². The maximum atomic E-state index is 3.79. The first-order valence-corrected chi connectivity index (χ1v) is 7.54. The Hall–Kier alpha value is -1.86. The van der Waals surface area contributed by atoms with Crippen LogP contribution in [0.2, 0.25) is 0 Å². The van der Waals surface area contributed by atoms with Gasteiger partial charge in [0.2, 0.25) is 0 Å². The summed E-state index contributed by atoms with van der Waals surface area (Å²) in [6.07, 6.45) is 0. The van der Waals surface area contributed by atoms with E-state index in [1.807, 2.05) is 0 Å². The molecule has 0 fully saturated rings. The lowest BCUT2D eigenvalue weighted by atomic mass is 9.96. The Bertz CT molecular complexity index is 967. The topological polar surface area (TPSA) is 0 Å². The van der Waals surface area contributed by atoms with Gasteiger partial charge in [-0.15, -0.1) is 0 Å². The SMILES string of the molecule is Cc1cccc2ccc3c(Br)c4ccccc4cc3c12. The molecule has 20 heavy (non-hydrogen) atoms. The fraction of sp³-hybridized carbons (Fsp3) is 0.0526. The van der Waals surface area contributed by atoms with E-state index in [2.05, 4.69) is 83.5 Å². The van der Waals surface area contributed by atoms with E-state index >= 15 is 0 Å². The lowest BCUT2D eigenvalue weighted by molar-refractivity contribution is 1.54. The highest BCUT2D eigenvalue weighted by Crippen LogP contribution is 2.37. The van der Waals surface area contributed by atoms with Gasteiger partial charge in [-0.2, -0.15) is 0 Å². The highest BCUT2D eigenvalue weighted by atomic mass is 79.9. The van der Waals surface area contributed by atoms with Gasteiger partial charge in [-0.05, 0) is 66.8 Å². The molecule has 0 unspecified atom stereocenters. The first-order valence-electron chi connectivity index (χ1n) is 6.75. The van der Waals surface area contributed by atoms with Crippen molar-refractivity contribution in [1.29, 1.82) is 0 Å². The fourth-order valence-electron chi connectivity index (χ4n) is 3.06. The Labute approximate surface area is 126 Å². The molecule has 0 saturated heterocycles. The summed E-state index contributed by atoms with van der Waals surface area (Å²) in [5.41, 5.74) is 1.33. The molecule has 0 heterocycles. The number of hydrogen-bond acceptors (Lipinski definition) is 0. The third-order valence-electron chi connectivity index (χ3n) is 4.03. The largest absolute Gasteiger partial charge is 0.0616 e. The molecule has 0 spiro atoms. The lowest BCUT2D eigenvalue weighted by Gasteiger charge is -2.11. The van der Waals surface area contributed by atoms with Gasteiger partial charge in [-0.25, -0.2) is 0 Å². The summed E-state index contributed by atoms with van der Waals surface area (Å²) in [5, 5.41) is 7.82. The van der Waals surface area contributed by atoms with Gasteiger partial charge in [0.05, 0.1) is 0 Å². The molecular weight excluding hydrogens is 308 g/mol. The summed E-state index contributed by atoms with van der Waals surface area (Å²) in [5.74, 6) is 0. The number of benzene rings is 4. The minimum Gasteiger partial charge on any atom is -0.0616 e. The standard InChI is InChI=1S/C19H13Br/c1-12-5-4-7-13-9-10-16-17(18(12)13)11-14-6-2-3-8-15(14)19(16)20/h2-11H,1H3. The molecule has 0 amide bonds. The van der Waals surface area contributed by atoms with Gasteiger partial charge in [-0.3, -0.25) is 0 Å². The van der Waals surface area contributed by atoms with Crippen molar-refractivity contribution in [2.45, 2.75) is 6.92 Å². The molecule has 0 N–H and O–H groups in total. The predicted molar refractivity (Wildman–Crippen MR) is 91.4 cm³/mol. The van der Waals surface area contributed by atoms with Crippen LogP contribution in [-0.2, 0) is 0 Å². The summed E-state index contributed by atoms with van der Waals surface area (Å²) >= 11 is 3.79. The van der Waals surface area contributed by atoms with Crippen molar-refractivity contribution >= 4 is 48.2 Å². The summed E-state index contributed by atoms with van der Waals surface area (Å²) < 4.78 is 1.19. The highest BCUT2D eigenvalue weighted by Gasteiger charge is 2.09. The molecule has 96 valence electrons. The quantitative estimate of drug-likeness (QED) is 0.266. The normalized spacial score (nSPS) is 11.5. The summed E-state index contributed by atoms with van der Waals surface area (Å²) in [6.45, 7) is 2.19. The van der Waals surface area contributed by atoms with Crippen molar-refractivity contribution in [3.05, 3.63) is 70.7 Å². The number of hydrogen-bond donors (Lipinski definition) is 0. The minimum absolute atomic E-state index is 1.19. The molecule has 0 bridgehead atoms. The monoisotopic (exact) mass is 320 g/mol. The van der Waals surface area contributed by atoms with Crippen LogP contribution in [0.5, 0.6) is 0 Å². The van der Waals surface area contributed by atoms with Crippen LogP contribution in [0.15, 0.2) is 65.1 Å². The van der Waals surface area contributed by atoms with Gasteiger partial charge in [-0.1, -0.05) is 54.6 Å². The maximum Gasteiger partial charge on any atom is 0.0332 e. The second-order valence-corrected chi connectivity index (χ2v) is 6.04. The third kappa shape index (κ3) is 1.60. The minimum atomic E-state index is 1.19. The Kier molecular flexibility index (Phi) is 2.58. The lowest BCUT2D eigenvalue weighted by Crippen LogP contribution is -1.84. The van der Waals surface area contributed by atoms with Crippen LogP contribution in [-0.4, -0.2) is 0 Å². The van der Waals surface area contributed by atoms with Crippen LogP contribution in [0.1, 0.15) is 5.56 Å². The van der Waals surface area contributed by atoms with E-state index in [4.69, 9.17) is 0 Å². The van der Waals surface area contributed by atoms with Crippen LogP contribution in [0, 0.1) is 6.92 Å². The van der Waals surface area contributed by atoms with Crippen molar-refractivity contribution < 1.29 is 0 Å². The zero-order valence-corrected chi connectivity index (χ0v) is 12.7. The van der Waals surface area contributed by atoms with Gasteiger partial charge >= 0.3 is 0 Å². The number of halogens is 1. The van der Waals surface area contributed by atoms with Gasteiger partial charge < -0.3 is 0 Å². The molecule has 4 aromatic rings. The highest BCUT2D eigenvalue weighted by molar-refractivity contribution is 9.10. The molecule has 4 aromatic carbocycles. The van der Waals surface area contributed by atoms with Gasteiger partial charge in [0.25, 0.3) is 0 Å². The number of aryl methyl sites for hydroxylation is 1. The van der Waals surface area contributed by atoms with Crippen molar-refractivity contribution in [2.75, 3.05) is 0 Å². The maximum absolute atomic E-state index is 3.79. The molecular formula is C19H13Br. The Morgan fingerprint density at radius 1 is 0.700 bits per heavy atom. The molecule has 0 saturated carbocycles. The molecule has 0 radical (unpaired) electrons. The average Bonchev–Trinajstić information content (AvgIpc) is 2.47. The zero-order valence-electron chi connectivity index (χ0n) is 11.2. The van der Waals surface area contributed by atoms with E-state index in [1.165, 1.54) is 42.4 Å². The van der Waals surface area contributed by atoms with Gasteiger partial charge in [0, 0.05) is 4.47 Å². The summed E-state index contributed by atoms with van der Waals surface area (Å²) in [7, 11) is 0. The van der Waals surface area contributed by atoms with Crippen molar-refractivity contribution in [2.24, 2.45) is 0 Å². The van der Waals surface area contributed by atoms with Crippen LogP contribution in [0.4, 0.5) is 0 Å². The van der Waals surface area contributed by atoms with Crippen LogP contribution < -0.4 is 0 Å². The van der Waals surface area contributed by atoms with Gasteiger partial charge in [0.1, 0.15) is 0 Å². The van der Waals surface area contributed by atoms with Crippen LogP contribution >= 0.6 is 15.9 Å². The molecule has 0 atom stereocenters. The van der Waals surface area contributed by atoms with E-state index in [0.29, 0.717) is 0 Å². The molecule has 0 aliphatic carbocycles. The fourth-order valence-corrected chi connectivity index (χ4v) is 3.77. The van der Waals surface area contributed by atoms with E-state index in [9.17, 15) is 0 Å². The zero-order chi connectivity index (χ0) is 13.7. The first-order chi connectivity index (χ1) is 9.75. The second kappa shape index (κ2) is 4.32. The van der Waals surface area contributed by atoms with E-state index in [-0.39, 0.29) is 0 Å². The van der Waals surface area contributed by atoms with E-state index in [1.54, 1.807) is 0 Å². The van der Waals surface area contributed by atoms with Crippen LogP contribution in [0.3, 0.4) is 0 Å². The molecule has 1 heteroatoms. The first kappa shape index (κ1) is 11.9. The number of rotatable bonds is 0. The Morgan fingerprint density at radius 3 is 2.40 bits per heavy atom. The van der Waals surface area contributed by atoms with Crippen molar-refractivity contribution in [3.63, 3.8) is 0 Å². The molecule has 0 nitrogen and oxygen atoms in total. The Balaban J connectivity index is 2.34. The molecule has 0 aliphatic rings. The summed E-state index contributed by atoms with van der Waals surface area (Å²) in [4.78, 5) is 0. The number of fused-ring (bicyclic) bond motifs is 4. The average molecular weight is 321 g/mol. The predicted octanol–water partition coefficient (Wildman–Crippen LogP) is 6.22. The van der Waals surface area contributed by atoms with Crippen LogP contribution in [0.25, 0.3) is 32.3 Å². The summed E-state index contributed by atoms with van der Waals surface area (Å²) in [6, 6.07) is 21.8. The second-order valence-electron chi connectivity index (χ2n) is 5.25. The smallest absolute Gasteiger partial charge is 0.0332 e. The van der Waals surface area contributed by atoms with E-state index in [0.717, 1.165) is 0 Å². The molecule has 0 aromatic heterocycles. The van der Waals surface area contributed by atoms with Gasteiger partial charge in [0.15, 0.2) is 0 Å².